The smallest absolute Gasteiger partial charge is 0.311 e. The van der Waals surface area contributed by atoms with Crippen molar-refractivity contribution in [3.63, 3.8) is 0 Å². The monoisotopic (exact) mass is 1030 g/mol. The summed E-state index contributed by atoms with van der Waals surface area (Å²) < 4.78 is 63.6. The third kappa shape index (κ3) is 14.6. The first kappa shape index (κ1) is 59.1. The fourth-order valence-corrected chi connectivity index (χ4v) is 11.5. The molecule has 0 bridgehead atoms. The largest absolute Gasteiger partial charge is 0.459 e. The number of nitrogens with zero attached hydrogens (tertiary/aromatic N) is 5. The first-order chi connectivity index (χ1) is 33.0. The van der Waals surface area contributed by atoms with Crippen molar-refractivity contribution in [2.24, 2.45) is 22.9 Å². The second-order valence-electron chi connectivity index (χ2n) is 21.7. The Morgan fingerprint density at radius 3 is 2.24 bits per heavy atom. The van der Waals surface area contributed by atoms with Crippen LogP contribution in [0.4, 0.5) is 0 Å². The zero-order valence-electron chi connectivity index (χ0n) is 44.3. The molecule has 1 aromatic heterocycles. The van der Waals surface area contributed by atoms with Crippen molar-refractivity contribution in [3.05, 3.63) is 41.7 Å². The number of hydrogen-bond acceptors (Lipinski definition) is 18. The Bertz CT molecular complexity index is 2110. The van der Waals surface area contributed by atoms with Crippen LogP contribution in [0.3, 0.4) is 0 Å². The summed E-state index contributed by atoms with van der Waals surface area (Å²) >= 11 is 0. The number of primary sulfonamides is 1. The summed E-state index contributed by atoms with van der Waals surface area (Å²) in [6.45, 7) is 18.7. The van der Waals surface area contributed by atoms with Gasteiger partial charge in [0, 0.05) is 63.7 Å². The molecule has 0 unspecified atom stereocenters. The molecule has 406 valence electrons. The number of sulfonamides is 1. The third-order valence-corrected chi connectivity index (χ3v) is 16.5. The Labute approximate surface area is 421 Å². The molecule has 71 heavy (non-hydrogen) atoms. The van der Waals surface area contributed by atoms with Crippen molar-refractivity contribution in [1.29, 1.82) is 0 Å². The van der Waals surface area contributed by atoms with Crippen LogP contribution in [-0.4, -0.2) is 190 Å². The predicted molar refractivity (Wildman–Crippen MR) is 263 cm³/mol. The van der Waals surface area contributed by atoms with E-state index in [0.717, 1.165) is 11.3 Å². The second kappa shape index (κ2) is 24.3. The van der Waals surface area contributed by atoms with E-state index in [1.165, 1.54) is 26.2 Å². The summed E-state index contributed by atoms with van der Waals surface area (Å²) in [4.78, 5) is 18.6. The predicted octanol–water partition coefficient (Wildman–Crippen LogP) is 2.56. The molecule has 2 aromatic rings. The number of carbonyl (C=O) groups excluding carboxylic acids is 1. The summed E-state index contributed by atoms with van der Waals surface area (Å²) in [6.07, 6.45) is -3.55. The van der Waals surface area contributed by atoms with Gasteiger partial charge in [-0.2, -0.15) is 0 Å². The SMILES string of the molecule is CC[C@H]1OC(=O)[C@H](C)[C@@H](O[C@H]2C[C@@](C)(OC)[C@@H](O)[C@H](C)O2)[C@H](C)[C@@H](O[C@H]2C[C@@H](N(C)CCc3cn([C@H](CO)Cc4ccc(S(N)(=O)=O)cc4)nn3)C[C@@H](C)O2)[C@](C)(O)C[C@@H](C)CN(C)[C@H](C)[C@@H](O)[C@]1(C)O. The van der Waals surface area contributed by atoms with Crippen molar-refractivity contribution in [2.45, 2.75) is 209 Å². The number of cyclic esters (lactones) is 1. The molecule has 0 aliphatic carbocycles. The van der Waals surface area contributed by atoms with Gasteiger partial charge in [-0.3, -0.25) is 4.79 Å². The Kier molecular flexibility index (Phi) is 20.2. The topological polar surface area (TPSA) is 271 Å². The molecule has 3 fully saturated rings. The van der Waals surface area contributed by atoms with E-state index >= 15 is 0 Å². The lowest BCUT2D eigenvalue weighted by molar-refractivity contribution is -0.308. The minimum atomic E-state index is -3.83. The number of nitrogens with two attached hydrogens (primary N) is 1. The Hall–Kier alpha value is -2.74. The van der Waals surface area contributed by atoms with E-state index in [1.54, 1.807) is 51.4 Å². The third-order valence-electron chi connectivity index (χ3n) is 15.6. The summed E-state index contributed by atoms with van der Waals surface area (Å²) in [5.41, 5.74) is -2.89. The zero-order valence-corrected chi connectivity index (χ0v) is 45.1. The molecular weight excluding hydrogens is 941 g/mol. The molecule has 18 atom stereocenters. The minimum absolute atomic E-state index is 0.00673. The Morgan fingerprint density at radius 2 is 1.63 bits per heavy atom. The summed E-state index contributed by atoms with van der Waals surface area (Å²) in [5, 5.41) is 71.7. The van der Waals surface area contributed by atoms with E-state index in [4.69, 9.17) is 33.6 Å². The van der Waals surface area contributed by atoms with Crippen molar-refractivity contribution in [2.75, 3.05) is 40.9 Å². The van der Waals surface area contributed by atoms with Crippen LogP contribution in [-0.2, 0) is 56.1 Å². The number of ether oxygens (including phenoxy) is 6. The van der Waals surface area contributed by atoms with Gasteiger partial charge >= 0.3 is 5.97 Å². The van der Waals surface area contributed by atoms with Gasteiger partial charge in [-0.1, -0.05) is 38.1 Å². The molecule has 3 saturated heterocycles. The molecule has 1 aromatic carbocycles. The van der Waals surface area contributed by atoms with Gasteiger partial charge in [0.2, 0.25) is 10.0 Å². The average molecular weight is 1030 g/mol. The highest BCUT2D eigenvalue weighted by Crippen LogP contribution is 2.40. The molecule has 5 rings (SSSR count). The average Bonchev–Trinajstić information content (AvgIpc) is 3.78. The highest BCUT2D eigenvalue weighted by molar-refractivity contribution is 7.89. The first-order valence-corrected chi connectivity index (χ1v) is 26.8. The second-order valence-corrected chi connectivity index (χ2v) is 23.3. The molecular formula is C50H86N6O14S. The van der Waals surface area contributed by atoms with Gasteiger partial charge in [-0.05, 0) is 112 Å². The van der Waals surface area contributed by atoms with Crippen LogP contribution in [0, 0.1) is 17.8 Å². The maximum absolute atomic E-state index is 14.5. The molecule has 0 radical (unpaired) electrons. The van der Waals surface area contributed by atoms with Crippen LogP contribution < -0.4 is 5.14 Å². The van der Waals surface area contributed by atoms with Gasteiger partial charge in [0.1, 0.15) is 23.9 Å². The van der Waals surface area contributed by atoms with Crippen molar-refractivity contribution in [1.82, 2.24) is 24.8 Å². The standard InChI is InChI=1S/C50H86N6O14S/c1-14-40-50(10,62)44(58)33(6)55(12)26-29(2)24-48(8,61)46(31(4)43(32(5)47(60)68-40)69-42-25-49(9,65-13)45(59)34(7)67-42)70-41-23-37(21-30(3)66-41)54(11)20-19-36-27-56(53-52-36)38(28-57)22-35-15-17-39(18-16-35)71(51,63)64/h15-18,27,29-34,37-38,40-46,57-59,61-62H,14,19-26,28H2,1-13H3,(H2,51,63,64)/t29-,30-,31+,32-,33-,34+,37+,38+,40-,41+,42+,43+,44-,45+,46-,48-,49-,50-/m1/s1. The molecule has 3 aliphatic heterocycles. The summed E-state index contributed by atoms with van der Waals surface area (Å²) in [5.74, 6) is -2.58. The maximum Gasteiger partial charge on any atom is 0.311 e. The number of esters is 1. The number of likely N-dealkylation sites (N-methyl/N-ethyl adjacent to an activating group) is 2. The van der Waals surface area contributed by atoms with Gasteiger partial charge in [-0.15, -0.1) is 5.10 Å². The number of methoxy groups -OCH3 is 1. The van der Waals surface area contributed by atoms with Crippen LogP contribution in [0.5, 0.6) is 0 Å². The van der Waals surface area contributed by atoms with Crippen molar-refractivity contribution < 1.29 is 67.2 Å². The Balaban J connectivity index is 1.40. The van der Waals surface area contributed by atoms with E-state index in [9.17, 15) is 38.7 Å². The van der Waals surface area contributed by atoms with Crippen LogP contribution in [0.15, 0.2) is 35.4 Å². The minimum Gasteiger partial charge on any atom is -0.459 e. The molecule has 0 spiro atoms. The quantitative estimate of drug-likeness (QED) is 0.140. The van der Waals surface area contributed by atoms with Crippen LogP contribution >= 0.6 is 0 Å². The molecule has 3 aliphatic rings. The van der Waals surface area contributed by atoms with E-state index in [1.807, 2.05) is 52.9 Å². The molecule has 20 nitrogen and oxygen atoms in total. The van der Waals surface area contributed by atoms with E-state index < -0.39 is 106 Å². The van der Waals surface area contributed by atoms with Gasteiger partial charge in [-0.25, -0.2) is 18.2 Å². The fraction of sp³-hybridized carbons (Fsp3) is 0.820. The van der Waals surface area contributed by atoms with Crippen LogP contribution in [0.25, 0.3) is 0 Å². The number of hydrogen-bond donors (Lipinski definition) is 6. The number of aromatic nitrogens is 3. The highest BCUT2D eigenvalue weighted by atomic mass is 32.2. The number of aliphatic hydroxyl groups is 5. The van der Waals surface area contributed by atoms with Gasteiger partial charge in [0.05, 0.1) is 64.8 Å². The summed E-state index contributed by atoms with van der Waals surface area (Å²) in [6, 6.07) is 5.20. The van der Waals surface area contributed by atoms with E-state index in [-0.39, 0.29) is 48.8 Å². The normalized spacial score (nSPS) is 39.1. The van der Waals surface area contributed by atoms with Crippen molar-refractivity contribution >= 4 is 16.0 Å². The number of aliphatic hydroxyl groups excluding tert-OH is 3. The van der Waals surface area contributed by atoms with E-state index in [0.29, 0.717) is 38.8 Å². The molecule has 4 heterocycles. The number of rotatable bonds is 15. The molecule has 21 heteroatoms. The van der Waals surface area contributed by atoms with Gasteiger partial charge in [0.25, 0.3) is 0 Å². The highest BCUT2D eigenvalue weighted by Gasteiger charge is 2.52. The lowest BCUT2D eigenvalue weighted by atomic mass is 9.77. The number of carbonyl (C=O) groups is 1. The fourth-order valence-electron chi connectivity index (χ4n) is 11.0. The van der Waals surface area contributed by atoms with Crippen LogP contribution in [0.2, 0.25) is 0 Å². The van der Waals surface area contributed by atoms with E-state index in [2.05, 4.69) is 15.2 Å². The maximum atomic E-state index is 14.5. The van der Waals surface area contributed by atoms with Gasteiger partial charge < -0.3 is 63.8 Å². The first-order valence-electron chi connectivity index (χ1n) is 25.3. The Morgan fingerprint density at radius 1 is 0.972 bits per heavy atom. The number of benzene rings is 1. The van der Waals surface area contributed by atoms with Gasteiger partial charge in [0.15, 0.2) is 12.6 Å². The lowest BCUT2D eigenvalue weighted by Crippen LogP contribution is -2.59. The summed E-state index contributed by atoms with van der Waals surface area (Å²) in [7, 11) is 1.56. The lowest BCUT2D eigenvalue weighted by Gasteiger charge is -2.48. The zero-order chi connectivity index (χ0) is 53.0. The van der Waals surface area contributed by atoms with Crippen molar-refractivity contribution in [3.8, 4) is 0 Å². The molecule has 7 N–H and O–H groups in total. The molecule has 0 saturated carbocycles. The van der Waals surface area contributed by atoms with Crippen LogP contribution in [0.1, 0.15) is 119 Å². The molecule has 0 amide bonds.